The number of carbonyl (C=O) groups is 1. The molecule has 0 aromatic heterocycles. The second-order valence-electron chi connectivity index (χ2n) is 27.0. The third-order valence-electron chi connectivity index (χ3n) is 17.3. The Morgan fingerprint density at radius 3 is 1.02 bits per heavy atom. The number of nitrogens with zero attached hydrogens (tertiary/aromatic N) is 1. The van der Waals surface area contributed by atoms with E-state index in [2.05, 4.69) is 79.9 Å². The Labute approximate surface area is 536 Å². The smallest absolute Gasteiger partial charge is 0.391 e. The first kappa shape index (κ1) is 84.2. The van der Waals surface area contributed by atoms with Gasteiger partial charge in [-0.05, 0) is 57.8 Å². The Morgan fingerprint density at radius 1 is 0.407 bits per heavy atom. The number of phosphoric acid groups is 1. The molecular formula is C77H148N2O6P+. The van der Waals surface area contributed by atoms with Crippen LogP contribution in [0.5, 0.6) is 0 Å². The highest BCUT2D eigenvalue weighted by atomic mass is 31.2. The molecule has 1 amide bonds. The molecule has 0 bridgehead atoms. The molecule has 0 aromatic carbocycles. The molecule has 506 valence electrons. The number of aliphatic hydroxyl groups excluding tert-OH is 1. The lowest BCUT2D eigenvalue weighted by Gasteiger charge is -2.26. The first-order chi connectivity index (χ1) is 42.0. The number of amides is 1. The Morgan fingerprint density at radius 2 is 0.698 bits per heavy atom. The summed E-state index contributed by atoms with van der Waals surface area (Å²) in [6, 6.07) is -0.764. The van der Waals surface area contributed by atoms with Crippen LogP contribution in [0.3, 0.4) is 0 Å². The first-order valence-corrected chi connectivity index (χ1v) is 39.1. The summed E-state index contributed by atoms with van der Waals surface area (Å²) >= 11 is 0. The van der Waals surface area contributed by atoms with Gasteiger partial charge in [0.05, 0.1) is 39.9 Å². The van der Waals surface area contributed by atoms with Gasteiger partial charge in [-0.3, -0.25) is 13.8 Å². The lowest BCUT2D eigenvalue weighted by Crippen LogP contribution is -2.46. The minimum Gasteiger partial charge on any atom is -0.391 e. The van der Waals surface area contributed by atoms with Crippen LogP contribution in [0, 0.1) is 0 Å². The molecule has 0 spiro atoms. The first-order valence-electron chi connectivity index (χ1n) is 37.7. The molecule has 0 aliphatic rings. The number of hydrogen-bond donors (Lipinski definition) is 3. The summed E-state index contributed by atoms with van der Waals surface area (Å²) < 4.78 is 23.9. The number of carbonyl (C=O) groups excluding carboxylic acids is 1. The molecule has 0 aliphatic carbocycles. The van der Waals surface area contributed by atoms with Crippen LogP contribution in [-0.2, 0) is 18.4 Å². The van der Waals surface area contributed by atoms with E-state index < -0.39 is 20.0 Å². The summed E-state index contributed by atoms with van der Waals surface area (Å²) in [5.74, 6) is -0.139. The van der Waals surface area contributed by atoms with Gasteiger partial charge in [0.1, 0.15) is 13.2 Å². The summed E-state index contributed by atoms with van der Waals surface area (Å²) in [7, 11) is 1.63. The number of hydrogen-bond acceptors (Lipinski definition) is 5. The van der Waals surface area contributed by atoms with Crippen LogP contribution in [0.4, 0.5) is 0 Å². The molecule has 0 heterocycles. The summed E-state index contributed by atoms with van der Waals surface area (Å²) in [6.45, 7) is 4.83. The summed E-state index contributed by atoms with van der Waals surface area (Å²) in [5, 5.41) is 14.2. The average molecular weight is 1230 g/mol. The maximum absolute atomic E-state index is 13.1. The van der Waals surface area contributed by atoms with Crippen molar-refractivity contribution >= 4 is 13.7 Å². The number of phosphoric ester groups is 1. The second-order valence-corrected chi connectivity index (χ2v) is 28.5. The average Bonchev–Trinajstić information content (AvgIpc) is 3.70. The molecule has 0 saturated heterocycles. The minimum absolute atomic E-state index is 0.0752. The van der Waals surface area contributed by atoms with Gasteiger partial charge in [0, 0.05) is 6.42 Å². The van der Waals surface area contributed by atoms with E-state index in [-0.39, 0.29) is 19.1 Å². The minimum atomic E-state index is -4.33. The molecule has 0 aliphatic heterocycles. The van der Waals surface area contributed by atoms with E-state index in [1.807, 2.05) is 21.1 Å². The van der Waals surface area contributed by atoms with Crippen molar-refractivity contribution < 1.29 is 32.9 Å². The highest BCUT2D eigenvalue weighted by molar-refractivity contribution is 7.47. The highest BCUT2D eigenvalue weighted by Gasteiger charge is 2.28. The number of likely N-dealkylation sites (N-methyl/N-ethyl adjacent to an activating group) is 1. The fourth-order valence-corrected chi connectivity index (χ4v) is 12.2. The van der Waals surface area contributed by atoms with Gasteiger partial charge in [0.15, 0.2) is 0 Å². The van der Waals surface area contributed by atoms with Crippen molar-refractivity contribution in [3.63, 3.8) is 0 Å². The predicted molar refractivity (Wildman–Crippen MR) is 378 cm³/mol. The van der Waals surface area contributed by atoms with Crippen LogP contribution in [0.15, 0.2) is 60.8 Å². The molecule has 3 N–H and O–H groups in total. The van der Waals surface area contributed by atoms with E-state index in [9.17, 15) is 19.4 Å². The van der Waals surface area contributed by atoms with E-state index >= 15 is 0 Å². The van der Waals surface area contributed by atoms with Crippen molar-refractivity contribution in [3.8, 4) is 0 Å². The molecule has 3 atom stereocenters. The van der Waals surface area contributed by atoms with Crippen molar-refractivity contribution in [2.75, 3.05) is 40.9 Å². The van der Waals surface area contributed by atoms with Crippen molar-refractivity contribution in [2.24, 2.45) is 0 Å². The zero-order chi connectivity index (χ0) is 62.6. The largest absolute Gasteiger partial charge is 0.472 e. The molecule has 0 fully saturated rings. The normalized spacial score (nSPS) is 13.9. The van der Waals surface area contributed by atoms with Crippen LogP contribution in [-0.4, -0.2) is 73.4 Å². The van der Waals surface area contributed by atoms with Gasteiger partial charge in [-0.1, -0.05) is 370 Å². The lowest BCUT2D eigenvalue weighted by atomic mass is 10.0. The monoisotopic (exact) mass is 1230 g/mol. The van der Waals surface area contributed by atoms with E-state index in [1.54, 1.807) is 0 Å². The molecule has 86 heavy (non-hydrogen) atoms. The van der Waals surface area contributed by atoms with Crippen LogP contribution in [0.1, 0.15) is 373 Å². The molecular weight excluding hydrogens is 1080 g/mol. The molecule has 9 heteroatoms. The van der Waals surface area contributed by atoms with Gasteiger partial charge >= 0.3 is 7.82 Å². The molecule has 0 rings (SSSR count). The van der Waals surface area contributed by atoms with Gasteiger partial charge < -0.3 is 19.8 Å². The summed E-state index contributed by atoms with van der Waals surface area (Å²) in [5.41, 5.74) is 0. The van der Waals surface area contributed by atoms with Gasteiger partial charge in [-0.25, -0.2) is 4.57 Å². The number of quaternary nitrogens is 1. The molecule has 0 radical (unpaired) electrons. The lowest BCUT2D eigenvalue weighted by molar-refractivity contribution is -0.870. The van der Waals surface area contributed by atoms with Crippen LogP contribution in [0.25, 0.3) is 0 Å². The van der Waals surface area contributed by atoms with Crippen molar-refractivity contribution in [2.45, 2.75) is 386 Å². The van der Waals surface area contributed by atoms with E-state index in [4.69, 9.17) is 9.05 Å². The third kappa shape index (κ3) is 69.7. The highest BCUT2D eigenvalue weighted by Crippen LogP contribution is 2.43. The summed E-state index contributed by atoms with van der Waals surface area (Å²) in [6.07, 6.45) is 93.4. The van der Waals surface area contributed by atoms with E-state index in [1.165, 1.54) is 276 Å². The zero-order valence-corrected chi connectivity index (χ0v) is 59.0. The topological polar surface area (TPSA) is 105 Å². The van der Waals surface area contributed by atoms with Crippen molar-refractivity contribution in [3.05, 3.63) is 60.8 Å². The number of rotatable bonds is 70. The fraction of sp³-hybridized carbons (Fsp3) is 0.857. The van der Waals surface area contributed by atoms with E-state index in [0.717, 1.165) is 70.6 Å². The Hall–Kier alpha value is -1.80. The number of nitrogens with one attached hydrogen (secondary N) is 1. The zero-order valence-electron chi connectivity index (χ0n) is 58.1. The third-order valence-corrected chi connectivity index (χ3v) is 18.3. The Bertz CT molecular complexity index is 1590. The SMILES string of the molecule is CC/C=C\C/C=C\C/C=C\C/C=C\C/C=C\CCCCCCCCCCCCCCCCCCCC(=O)NC(COP(=O)(O)OCC[N+](C)(C)C)C(O)CCCCCCCCCCCCCCCCCCCCCCCCCCCCCCCCC. The standard InChI is InChI=1S/C77H147N2O6P/c1-6-8-10-12-14-16-18-20-22-24-26-28-30-32-34-36-38-39-41-43-45-47-49-51-53-55-57-59-61-63-65-67-69-71-77(81)78-75(74-85-86(82,83)84-73-72-79(3,4)5)76(80)70-68-66-64-62-60-58-56-54-52-50-48-46-44-42-40-37-35-33-31-29-27-25-23-21-19-17-15-13-11-9-7-2/h8,10,14,16,20,22,26,28,32,34,75-76,80H,6-7,9,11-13,15,17-19,21,23-25,27,29-31,33,35-74H2,1-5H3,(H-,78,81,82,83)/p+1/b10-8-,16-14-,22-20-,28-26-,34-32-. The van der Waals surface area contributed by atoms with Gasteiger partial charge in [0.2, 0.25) is 5.91 Å². The van der Waals surface area contributed by atoms with Crippen molar-refractivity contribution in [1.82, 2.24) is 5.32 Å². The number of aliphatic hydroxyl groups is 1. The van der Waals surface area contributed by atoms with Gasteiger partial charge in [-0.2, -0.15) is 0 Å². The van der Waals surface area contributed by atoms with Crippen LogP contribution >= 0.6 is 7.82 Å². The molecule has 0 saturated carbocycles. The Balaban J connectivity index is 3.98. The quantitative estimate of drug-likeness (QED) is 0.0243. The second kappa shape index (κ2) is 67.6. The van der Waals surface area contributed by atoms with Gasteiger partial charge in [0.25, 0.3) is 0 Å². The van der Waals surface area contributed by atoms with Gasteiger partial charge in [-0.15, -0.1) is 0 Å². The predicted octanol–water partition coefficient (Wildman–Crippen LogP) is 24.3. The van der Waals surface area contributed by atoms with Crippen molar-refractivity contribution in [1.29, 1.82) is 0 Å². The van der Waals surface area contributed by atoms with E-state index in [0.29, 0.717) is 23.9 Å². The maximum Gasteiger partial charge on any atom is 0.472 e. The van der Waals surface area contributed by atoms with Crippen LogP contribution < -0.4 is 5.32 Å². The Kier molecular flexibility index (Phi) is 66.2. The number of unbranched alkanes of at least 4 members (excludes halogenated alkanes) is 47. The number of allylic oxidation sites excluding steroid dienone is 10. The molecule has 0 aromatic rings. The molecule has 8 nitrogen and oxygen atoms in total. The van der Waals surface area contributed by atoms with Crippen LogP contribution in [0.2, 0.25) is 0 Å². The molecule has 3 unspecified atom stereocenters. The maximum atomic E-state index is 13.1. The fourth-order valence-electron chi connectivity index (χ4n) is 11.5. The summed E-state index contributed by atoms with van der Waals surface area (Å²) in [4.78, 5) is 23.5.